The Morgan fingerprint density at radius 2 is 1.27 bits per heavy atom. The molecule has 0 radical (unpaired) electrons. The van der Waals surface area contributed by atoms with E-state index in [4.69, 9.17) is 4.74 Å². The van der Waals surface area contributed by atoms with E-state index in [9.17, 15) is 9.59 Å². The molecule has 4 heterocycles. The highest BCUT2D eigenvalue weighted by molar-refractivity contribution is 5.89. The Labute approximate surface area is 243 Å². The van der Waals surface area contributed by atoms with Crippen molar-refractivity contribution in [2.45, 2.75) is 99.3 Å². The highest BCUT2D eigenvalue weighted by Crippen LogP contribution is 2.27. The van der Waals surface area contributed by atoms with Crippen LogP contribution in [-0.2, 0) is 17.6 Å². The first kappa shape index (κ1) is 32.1. The minimum absolute atomic E-state index is 0.00519. The molecule has 0 saturated carbocycles. The lowest BCUT2D eigenvalue weighted by atomic mass is 10.1. The third-order valence-corrected chi connectivity index (χ3v) is 7.50. The Morgan fingerprint density at radius 1 is 0.780 bits per heavy atom. The van der Waals surface area contributed by atoms with Gasteiger partial charge in [0.1, 0.15) is 0 Å². The molecule has 0 saturated heterocycles. The third-order valence-electron chi connectivity index (χ3n) is 7.50. The fourth-order valence-electron chi connectivity index (χ4n) is 5.60. The number of aromatic amines is 3. The first-order valence-electron chi connectivity index (χ1n) is 14.7. The molecular weight excluding hydrogens is 516 g/mol. The molecule has 9 heteroatoms. The molecule has 0 fully saturated rings. The minimum atomic E-state index is -0.349. The second kappa shape index (κ2) is 14.5. The molecule has 0 aliphatic carbocycles. The minimum Gasteiger partial charge on any atom is -0.407 e. The predicted molar refractivity (Wildman–Crippen MR) is 168 cm³/mol. The summed E-state index contributed by atoms with van der Waals surface area (Å²) in [4.78, 5) is 41.4. The largest absolute Gasteiger partial charge is 0.407 e. The van der Waals surface area contributed by atoms with Gasteiger partial charge >= 0.3 is 5.97 Å². The molecule has 4 rings (SSSR count). The van der Waals surface area contributed by atoms with Crippen LogP contribution in [0.5, 0.6) is 5.88 Å². The molecule has 0 aliphatic rings. The van der Waals surface area contributed by atoms with Gasteiger partial charge in [-0.3, -0.25) is 19.4 Å². The van der Waals surface area contributed by atoms with Crippen molar-refractivity contribution in [3.63, 3.8) is 0 Å². The monoisotopic (exact) mass is 564 g/mol. The second-order valence-corrected chi connectivity index (χ2v) is 11.7. The van der Waals surface area contributed by atoms with Gasteiger partial charge in [-0.15, -0.1) is 0 Å². The van der Waals surface area contributed by atoms with Crippen molar-refractivity contribution in [2.24, 2.45) is 0 Å². The van der Waals surface area contributed by atoms with Gasteiger partial charge in [0.15, 0.2) is 0 Å². The number of ether oxygens (including phenoxy) is 1. The Hall–Kier alpha value is -3.43. The number of carbonyl (C=O) groups excluding carboxylic acids is 1. The molecule has 0 aromatic carbocycles. The summed E-state index contributed by atoms with van der Waals surface area (Å²) in [6, 6.07) is 5.83. The summed E-state index contributed by atoms with van der Waals surface area (Å²) in [5, 5.41) is 1.71. The standard InChI is InChI=1S/C17H25N3O2.C15H23N3O/c1-11(2)20(12(3)4)9-7-14-10-19-15-6-8-18-17(16(14)15)22-13(5)21;1-10(2)18(11(3)4)8-6-12-9-17-13-5-7-16-15(19)14(12)13/h6,8,10-12,19H,7,9H2,1-5H3;5,7,9-11,17H,6,8H2,1-4H3,(H,16,19). The van der Waals surface area contributed by atoms with Crippen molar-refractivity contribution in [3.05, 3.63) is 58.4 Å². The lowest BCUT2D eigenvalue weighted by Gasteiger charge is -2.30. The van der Waals surface area contributed by atoms with E-state index in [1.54, 1.807) is 12.4 Å². The van der Waals surface area contributed by atoms with Crippen LogP contribution in [0.25, 0.3) is 21.8 Å². The van der Waals surface area contributed by atoms with Gasteiger partial charge in [0, 0.05) is 69.0 Å². The van der Waals surface area contributed by atoms with Crippen molar-refractivity contribution in [2.75, 3.05) is 13.1 Å². The number of fused-ring (bicyclic) bond motifs is 2. The number of hydrogen-bond acceptors (Lipinski definition) is 6. The summed E-state index contributed by atoms with van der Waals surface area (Å²) in [6.45, 7) is 21.0. The maximum Gasteiger partial charge on any atom is 0.309 e. The molecule has 0 atom stereocenters. The quantitative estimate of drug-likeness (QED) is 0.203. The van der Waals surface area contributed by atoms with E-state index in [0.29, 0.717) is 30.0 Å². The van der Waals surface area contributed by atoms with E-state index in [1.165, 1.54) is 6.92 Å². The van der Waals surface area contributed by atoms with Crippen LogP contribution < -0.4 is 10.3 Å². The summed E-state index contributed by atoms with van der Waals surface area (Å²) in [5.74, 6) is 0.0417. The van der Waals surface area contributed by atoms with Crippen LogP contribution in [-0.4, -0.2) is 73.0 Å². The van der Waals surface area contributed by atoms with E-state index in [1.807, 2.05) is 24.5 Å². The van der Waals surface area contributed by atoms with Gasteiger partial charge in [-0.25, -0.2) is 4.98 Å². The molecule has 0 aliphatic heterocycles. The lowest BCUT2D eigenvalue weighted by Crippen LogP contribution is -2.38. The number of esters is 1. The van der Waals surface area contributed by atoms with Gasteiger partial charge in [0.25, 0.3) is 5.56 Å². The summed E-state index contributed by atoms with van der Waals surface area (Å²) in [6.07, 6.45) is 9.05. The fourth-order valence-corrected chi connectivity index (χ4v) is 5.60. The maximum absolute atomic E-state index is 11.9. The lowest BCUT2D eigenvalue weighted by molar-refractivity contribution is -0.132. The molecule has 0 bridgehead atoms. The van der Waals surface area contributed by atoms with Crippen LogP contribution in [0.1, 0.15) is 73.4 Å². The molecule has 4 aromatic heterocycles. The normalized spacial score (nSPS) is 12.0. The zero-order chi connectivity index (χ0) is 30.3. The van der Waals surface area contributed by atoms with E-state index < -0.39 is 0 Å². The molecule has 0 spiro atoms. The Balaban J connectivity index is 0.000000228. The fraction of sp³-hybridized carbons (Fsp3) is 0.531. The number of rotatable bonds is 11. The highest BCUT2D eigenvalue weighted by Gasteiger charge is 2.17. The third kappa shape index (κ3) is 8.30. The first-order chi connectivity index (χ1) is 19.4. The number of nitrogens with zero attached hydrogens (tertiary/aromatic N) is 3. The number of carbonyl (C=O) groups is 1. The van der Waals surface area contributed by atoms with Crippen molar-refractivity contribution < 1.29 is 9.53 Å². The zero-order valence-corrected chi connectivity index (χ0v) is 26.2. The van der Waals surface area contributed by atoms with Gasteiger partial charge < -0.3 is 19.7 Å². The van der Waals surface area contributed by atoms with Crippen molar-refractivity contribution >= 4 is 27.8 Å². The highest BCUT2D eigenvalue weighted by atomic mass is 16.5. The Kier molecular flexibility index (Phi) is 11.3. The van der Waals surface area contributed by atoms with E-state index in [2.05, 4.69) is 85.1 Å². The second-order valence-electron chi connectivity index (χ2n) is 11.7. The summed E-state index contributed by atoms with van der Waals surface area (Å²) in [5.41, 5.74) is 4.09. The molecule has 9 nitrogen and oxygen atoms in total. The number of hydrogen-bond donors (Lipinski definition) is 3. The first-order valence-corrected chi connectivity index (χ1v) is 14.7. The summed E-state index contributed by atoms with van der Waals surface area (Å²) in [7, 11) is 0. The predicted octanol–water partition coefficient (Wildman–Crippen LogP) is 5.67. The number of H-pyrrole nitrogens is 3. The number of pyridine rings is 2. The van der Waals surface area contributed by atoms with E-state index >= 15 is 0 Å². The van der Waals surface area contributed by atoms with Gasteiger partial charge in [-0.2, -0.15) is 0 Å². The van der Waals surface area contributed by atoms with Crippen LogP contribution in [0.4, 0.5) is 0 Å². The molecule has 3 N–H and O–H groups in total. The van der Waals surface area contributed by atoms with Gasteiger partial charge in [0.05, 0.1) is 21.8 Å². The average molecular weight is 565 g/mol. The van der Waals surface area contributed by atoms with Gasteiger partial charge in [-0.1, -0.05) is 0 Å². The smallest absolute Gasteiger partial charge is 0.309 e. The Bertz CT molecular complexity index is 1450. The topological polar surface area (TPSA) is 110 Å². The number of nitrogens with one attached hydrogen (secondary N) is 3. The van der Waals surface area contributed by atoms with Crippen molar-refractivity contribution in [3.8, 4) is 5.88 Å². The van der Waals surface area contributed by atoms with Gasteiger partial charge in [0.2, 0.25) is 5.88 Å². The molecular formula is C32H48N6O3. The van der Waals surface area contributed by atoms with Crippen LogP contribution in [0.3, 0.4) is 0 Å². The molecule has 0 amide bonds. The number of aromatic nitrogens is 4. The average Bonchev–Trinajstić information content (AvgIpc) is 3.49. The molecule has 41 heavy (non-hydrogen) atoms. The summed E-state index contributed by atoms with van der Waals surface area (Å²) < 4.78 is 5.24. The van der Waals surface area contributed by atoms with Crippen LogP contribution >= 0.6 is 0 Å². The van der Waals surface area contributed by atoms with Crippen LogP contribution in [0.15, 0.2) is 41.7 Å². The molecule has 224 valence electrons. The maximum atomic E-state index is 11.9. The Morgan fingerprint density at radius 3 is 1.76 bits per heavy atom. The van der Waals surface area contributed by atoms with Crippen LogP contribution in [0.2, 0.25) is 0 Å². The van der Waals surface area contributed by atoms with Crippen LogP contribution in [0, 0.1) is 0 Å². The zero-order valence-electron chi connectivity index (χ0n) is 26.2. The molecule has 4 aromatic rings. The van der Waals surface area contributed by atoms with Crippen molar-refractivity contribution in [1.82, 2.24) is 29.7 Å². The SMILES string of the molecule is CC(=O)Oc1nccc2[nH]cc(CCN(C(C)C)C(C)C)c12.CC(C)N(CCc1c[nH]c2cc[nH]c(=O)c12)C(C)C. The van der Waals surface area contributed by atoms with E-state index in [-0.39, 0.29) is 11.5 Å². The molecule has 0 unspecified atom stereocenters. The summed E-state index contributed by atoms with van der Waals surface area (Å²) >= 11 is 0. The van der Waals surface area contributed by atoms with E-state index in [0.717, 1.165) is 58.9 Å². The van der Waals surface area contributed by atoms with Gasteiger partial charge in [-0.05, 0) is 91.5 Å². The van der Waals surface area contributed by atoms with Crippen molar-refractivity contribution in [1.29, 1.82) is 0 Å².